The molecule has 0 heterocycles. The number of nitrogens with zero attached hydrogens (tertiary/aromatic N) is 1. The van der Waals surface area contributed by atoms with Gasteiger partial charge in [-0.1, -0.05) is 51.5 Å². The van der Waals surface area contributed by atoms with Gasteiger partial charge in [0, 0.05) is 11.6 Å². The monoisotopic (exact) mass is 304 g/mol. The molecular formula is C18H28N2O2. The van der Waals surface area contributed by atoms with Crippen molar-refractivity contribution in [1.29, 1.82) is 0 Å². The highest BCUT2D eigenvalue weighted by Crippen LogP contribution is 2.35. The van der Waals surface area contributed by atoms with Crippen molar-refractivity contribution < 1.29 is 9.53 Å². The second-order valence-electron chi connectivity index (χ2n) is 6.93. The highest BCUT2D eigenvalue weighted by atomic mass is 16.6. The molecule has 0 spiro atoms. The van der Waals surface area contributed by atoms with E-state index < -0.39 is 6.09 Å². The van der Waals surface area contributed by atoms with Crippen molar-refractivity contribution in [3.8, 4) is 0 Å². The molecular weight excluding hydrogens is 276 g/mol. The van der Waals surface area contributed by atoms with E-state index in [0.717, 1.165) is 18.6 Å². The molecule has 4 nitrogen and oxygen atoms in total. The molecule has 1 N–H and O–H groups in total. The van der Waals surface area contributed by atoms with E-state index in [9.17, 15) is 4.79 Å². The van der Waals surface area contributed by atoms with E-state index in [-0.39, 0.29) is 12.0 Å². The lowest BCUT2D eigenvalue weighted by molar-refractivity contribution is 0.00631. The number of hydrogen-bond acceptors (Lipinski definition) is 3. The van der Waals surface area contributed by atoms with Crippen LogP contribution in [0, 0.1) is 23.7 Å². The summed E-state index contributed by atoms with van der Waals surface area (Å²) in [6.45, 7) is 8.54. The summed E-state index contributed by atoms with van der Waals surface area (Å²) < 4.78 is 5.66. The summed E-state index contributed by atoms with van der Waals surface area (Å²) in [5.74, 6) is 1.78. The van der Waals surface area contributed by atoms with Crippen molar-refractivity contribution in [2.24, 2.45) is 28.8 Å². The first-order chi connectivity index (χ1) is 10.5. The van der Waals surface area contributed by atoms with E-state index in [0.29, 0.717) is 17.8 Å². The maximum Gasteiger partial charge on any atom is 0.428 e. The summed E-state index contributed by atoms with van der Waals surface area (Å²) in [4.78, 5) is 12.0. The van der Waals surface area contributed by atoms with Gasteiger partial charge in [-0.3, -0.25) is 0 Å². The number of rotatable bonds is 4. The van der Waals surface area contributed by atoms with Crippen LogP contribution in [0.15, 0.2) is 29.4 Å². The largest absolute Gasteiger partial charge is 0.445 e. The molecule has 1 amide bonds. The van der Waals surface area contributed by atoms with Gasteiger partial charge in [-0.15, -0.1) is 0 Å². The topological polar surface area (TPSA) is 50.7 Å². The lowest BCUT2D eigenvalue weighted by Gasteiger charge is -2.36. The Morgan fingerprint density at radius 1 is 1.27 bits per heavy atom. The van der Waals surface area contributed by atoms with Gasteiger partial charge < -0.3 is 4.74 Å². The fraction of sp³-hybridized carbons (Fsp3) is 0.667. The van der Waals surface area contributed by atoms with Crippen molar-refractivity contribution in [3.05, 3.63) is 24.3 Å². The minimum absolute atomic E-state index is 0.00512. The summed E-state index contributed by atoms with van der Waals surface area (Å²) in [7, 11) is 0. The molecule has 0 aliphatic heterocycles. The quantitative estimate of drug-likeness (QED) is 0.622. The Morgan fingerprint density at radius 2 is 1.95 bits per heavy atom. The van der Waals surface area contributed by atoms with Crippen molar-refractivity contribution in [2.75, 3.05) is 0 Å². The van der Waals surface area contributed by atoms with Crippen LogP contribution < -0.4 is 5.43 Å². The van der Waals surface area contributed by atoms with Crippen LogP contribution >= 0.6 is 0 Å². The maximum atomic E-state index is 12.0. The average Bonchev–Trinajstić information content (AvgIpc) is 2.98. The molecule has 1 saturated carbocycles. The molecule has 2 rings (SSSR count). The smallest absolute Gasteiger partial charge is 0.428 e. The maximum absolute atomic E-state index is 12.0. The minimum atomic E-state index is -0.435. The Kier molecular flexibility index (Phi) is 5.81. The fourth-order valence-corrected chi connectivity index (χ4v) is 3.33. The van der Waals surface area contributed by atoms with Crippen LogP contribution in [0.5, 0.6) is 0 Å². The first-order valence-electron chi connectivity index (χ1n) is 8.33. The van der Waals surface area contributed by atoms with Gasteiger partial charge in [-0.05, 0) is 37.5 Å². The molecule has 2 aliphatic rings. The van der Waals surface area contributed by atoms with Crippen molar-refractivity contribution in [3.63, 3.8) is 0 Å². The minimum Gasteiger partial charge on any atom is -0.445 e. The number of hydrogen-bond donors (Lipinski definition) is 1. The molecule has 0 aromatic carbocycles. The van der Waals surface area contributed by atoms with Crippen LogP contribution in [-0.2, 0) is 4.74 Å². The molecule has 4 heteroatoms. The third-order valence-electron chi connectivity index (χ3n) is 4.77. The van der Waals surface area contributed by atoms with Crippen molar-refractivity contribution >= 4 is 11.8 Å². The van der Waals surface area contributed by atoms with Crippen molar-refractivity contribution in [2.45, 2.75) is 53.1 Å². The fourth-order valence-electron chi connectivity index (χ4n) is 3.33. The molecule has 0 radical (unpaired) electrons. The summed E-state index contributed by atoms with van der Waals surface area (Å²) in [6.07, 6.45) is 10.9. The van der Waals surface area contributed by atoms with Crippen molar-refractivity contribution in [1.82, 2.24) is 5.43 Å². The Bertz CT molecular complexity index is 467. The second kappa shape index (κ2) is 7.61. The lowest BCUT2D eigenvalue weighted by atomic mass is 9.75. The van der Waals surface area contributed by atoms with Gasteiger partial charge in [0.2, 0.25) is 0 Å². The Hall–Kier alpha value is -1.58. The molecule has 0 saturated heterocycles. The summed E-state index contributed by atoms with van der Waals surface area (Å²) >= 11 is 0. The molecule has 2 aliphatic carbocycles. The third kappa shape index (κ3) is 4.46. The zero-order valence-corrected chi connectivity index (χ0v) is 14.1. The van der Waals surface area contributed by atoms with Crippen LogP contribution in [0.4, 0.5) is 4.79 Å². The van der Waals surface area contributed by atoms with Crippen LogP contribution in [0.1, 0.15) is 47.0 Å². The van der Waals surface area contributed by atoms with Crippen LogP contribution in [-0.4, -0.2) is 17.9 Å². The first kappa shape index (κ1) is 16.8. The van der Waals surface area contributed by atoms with Crippen LogP contribution in [0.25, 0.3) is 0 Å². The van der Waals surface area contributed by atoms with Gasteiger partial charge >= 0.3 is 6.09 Å². The van der Waals surface area contributed by atoms with Gasteiger partial charge in [0.25, 0.3) is 0 Å². The molecule has 0 unspecified atom stereocenters. The van der Waals surface area contributed by atoms with Gasteiger partial charge in [0.1, 0.15) is 6.10 Å². The zero-order chi connectivity index (χ0) is 16.1. The van der Waals surface area contributed by atoms with E-state index in [1.807, 2.05) is 31.2 Å². The summed E-state index contributed by atoms with van der Waals surface area (Å²) in [6, 6.07) is 0. The van der Waals surface area contributed by atoms with Gasteiger partial charge in [0.15, 0.2) is 0 Å². The average molecular weight is 304 g/mol. The first-order valence-corrected chi connectivity index (χ1v) is 8.33. The number of allylic oxidation sites excluding steroid dienone is 4. The van der Waals surface area contributed by atoms with E-state index >= 15 is 0 Å². The molecule has 0 bridgehead atoms. The summed E-state index contributed by atoms with van der Waals surface area (Å²) in [5, 5.41) is 4.15. The molecule has 0 aromatic heterocycles. The number of hydrazone groups is 1. The SMILES string of the molecule is C/C(=N\NC(=O)O[C@H]1C[C@@H](C)CC[C@@H]1C(C)C)C1C=CC=C1. The highest BCUT2D eigenvalue weighted by Gasteiger charge is 2.33. The van der Waals surface area contributed by atoms with Gasteiger partial charge in [0.05, 0.1) is 0 Å². The van der Waals surface area contributed by atoms with E-state index in [4.69, 9.17) is 4.74 Å². The Balaban J connectivity index is 1.88. The molecule has 0 aromatic rings. The van der Waals surface area contributed by atoms with E-state index in [1.165, 1.54) is 6.42 Å². The Labute approximate surface area is 133 Å². The highest BCUT2D eigenvalue weighted by molar-refractivity contribution is 5.89. The predicted octanol–water partition coefficient (Wildman–Crippen LogP) is 4.29. The number of nitrogens with one attached hydrogen (secondary N) is 1. The molecule has 22 heavy (non-hydrogen) atoms. The van der Waals surface area contributed by atoms with E-state index in [2.05, 4.69) is 31.3 Å². The van der Waals surface area contributed by atoms with Gasteiger partial charge in [-0.25, -0.2) is 10.2 Å². The number of ether oxygens (including phenoxy) is 1. The number of carbonyl (C=O) groups excluding carboxylic acids is 1. The predicted molar refractivity (Wildman–Crippen MR) is 89.6 cm³/mol. The molecule has 122 valence electrons. The van der Waals surface area contributed by atoms with Gasteiger partial charge in [-0.2, -0.15) is 5.10 Å². The van der Waals surface area contributed by atoms with Crippen LogP contribution in [0.2, 0.25) is 0 Å². The lowest BCUT2D eigenvalue weighted by Crippen LogP contribution is -2.38. The number of carbonyl (C=O) groups is 1. The standard InChI is InChI=1S/C18H28N2O2/c1-12(2)16-10-9-13(3)11-17(16)22-18(21)20-19-14(4)15-7-5-6-8-15/h5-8,12-13,15-17H,9-11H2,1-4H3,(H,20,21)/b19-14+/t13-,16+,17-/m0/s1. The normalized spacial score (nSPS) is 29.1. The Morgan fingerprint density at radius 3 is 2.59 bits per heavy atom. The van der Waals surface area contributed by atoms with E-state index in [1.54, 1.807) is 0 Å². The molecule has 3 atom stereocenters. The third-order valence-corrected chi connectivity index (χ3v) is 4.77. The zero-order valence-electron chi connectivity index (χ0n) is 14.1. The van der Waals surface area contributed by atoms with Crippen LogP contribution in [0.3, 0.4) is 0 Å². The number of amides is 1. The molecule has 1 fully saturated rings. The summed E-state index contributed by atoms with van der Waals surface area (Å²) in [5.41, 5.74) is 3.40. The second-order valence-corrected chi connectivity index (χ2v) is 6.93.